The molecule has 1 atom stereocenters. The summed E-state index contributed by atoms with van der Waals surface area (Å²) in [5.41, 5.74) is 1.19. The predicted molar refractivity (Wildman–Crippen MR) is 53.4 cm³/mol. The molecule has 0 aromatic carbocycles. The van der Waals surface area contributed by atoms with Crippen molar-refractivity contribution >= 4 is 0 Å². The summed E-state index contributed by atoms with van der Waals surface area (Å²) >= 11 is 0. The number of hydrogen-bond donors (Lipinski definition) is 0. The number of rotatable bonds is 2. The van der Waals surface area contributed by atoms with Crippen LogP contribution in [0, 0.1) is 5.92 Å². The summed E-state index contributed by atoms with van der Waals surface area (Å²) in [4.78, 5) is 6.83. The molecule has 0 spiro atoms. The van der Waals surface area contributed by atoms with E-state index in [0.29, 0.717) is 6.04 Å². The Morgan fingerprint density at radius 3 is 2.77 bits per heavy atom. The highest BCUT2D eigenvalue weighted by atomic mass is 15.2. The lowest BCUT2D eigenvalue weighted by atomic mass is 9.99. The molecule has 70 valence electrons. The lowest BCUT2D eigenvalue weighted by Crippen LogP contribution is -2.46. The van der Waals surface area contributed by atoms with Crippen molar-refractivity contribution in [3.63, 3.8) is 0 Å². The molecule has 0 amide bonds. The Hall–Kier alpha value is -0.890. The Kier molecular flexibility index (Phi) is 2.32. The summed E-state index contributed by atoms with van der Waals surface area (Å²) < 4.78 is 0. The Labute approximate surface area is 79.6 Å². The van der Waals surface area contributed by atoms with E-state index in [1.807, 2.05) is 12.3 Å². The quantitative estimate of drug-likeness (QED) is 0.686. The molecule has 1 aromatic rings. The van der Waals surface area contributed by atoms with Crippen molar-refractivity contribution in [1.29, 1.82) is 0 Å². The molecule has 1 aliphatic heterocycles. The summed E-state index contributed by atoms with van der Waals surface area (Å²) in [6, 6.07) is 6.61. The van der Waals surface area contributed by atoms with E-state index in [-0.39, 0.29) is 0 Å². The van der Waals surface area contributed by atoms with E-state index in [1.54, 1.807) is 0 Å². The molecule has 0 aliphatic carbocycles. The van der Waals surface area contributed by atoms with Crippen LogP contribution in [0.25, 0.3) is 0 Å². The minimum atomic E-state index is 0.484. The van der Waals surface area contributed by atoms with Gasteiger partial charge in [0.1, 0.15) is 0 Å². The molecule has 1 aromatic heterocycles. The van der Waals surface area contributed by atoms with Crippen LogP contribution in [0.3, 0.4) is 0 Å². The molecule has 1 unspecified atom stereocenters. The van der Waals surface area contributed by atoms with Gasteiger partial charge in [0.05, 0.1) is 5.69 Å². The second-order valence-electron chi connectivity index (χ2n) is 3.99. The van der Waals surface area contributed by atoms with Crippen LogP contribution >= 0.6 is 0 Å². The lowest BCUT2D eigenvalue weighted by molar-refractivity contribution is 0.0684. The van der Waals surface area contributed by atoms with Gasteiger partial charge in [-0.2, -0.15) is 0 Å². The third-order valence-corrected chi connectivity index (χ3v) is 2.76. The summed E-state index contributed by atoms with van der Waals surface area (Å²) in [6.45, 7) is 6.96. The van der Waals surface area contributed by atoms with Gasteiger partial charge in [-0.1, -0.05) is 13.0 Å². The molecular weight excluding hydrogens is 160 g/mol. The number of nitrogens with zero attached hydrogens (tertiary/aromatic N) is 2. The third kappa shape index (κ3) is 1.73. The molecule has 0 saturated carbocycles. The van der Waals surface area contributed by atoms with Gasteiger partial charge in [0.15, 0.2) is 0 Å². The first-order chi connectivity index (χ1) is 6.27. The van der Waals surface area contributed by atoms with E-state index in [4.69, 9.17) is 0 Å². The van der Waals surface area contributed by atoms with Gasteiger partial charge >= 0.3 is 0 Å². The summed E-state index contributed by atoms with van der Waals surface area (Å²) in [7, 11) is 0. The second-order valence-corrected chi connectivity index (χ2v) is 3.99. The van der Waals surface area contributed by atoms with Crippen LogP contribution in [0.15, 0.2) is 24.4 Å². The van der Waals surface area contributed by atoms with Gasteiger partial charge in [0.25, 0.3) is 0 Å². The molecule has 0 N–H and O–H groups in total. The summed E-state index contributed by atoms with van der Waals surface area (Å²) in [5.74, 6) is 0.867. The standard InChI is InChI=1S/C11H16N2/c1-9-7-13(8-9)10(2)11-5-3-4-6-12-11/h3-6,9-10H,7-8H2,1-2H3. The maximum absolute atomic E-state index is 4.36. The Morgan fingerprint density at radius 2 is 2.23 bits per heavy atom. The maximum atomic E-state index is 4.36. The first-order valence-corrected chi connectivity index (χ1v) is 4.92. The number of aromatic nitrogens is 1. The molecule has 1 aliphatic rings. The highest BCUT2D eigenvalue weighted by Gasteiger charge is 2.27. The molecular formula is C11H16N2. The highest BCUT2D eigenvalue weighted by molar-refractivity contribution is 5.08. The monoisotopic (exact) mass is 176 g/mol. The van der Waals surface area contributed by atoms with Crippen molar-refractivity contribution in [2.75, 3.05) is 13.1 Å². The van der Waals surface area contributed by atoms with Gasteiger partial charge in [-0.25, -0.2) is 0 Å². The number of pyridine rings is 1. The fraction of sp³-hybridized carbons (Fsp3) is 0.545. The van der Waals surface area contributed by atoms with Crippen LogP contribution in [0.4, 0.5) is 0 Å². The van der Waals surface area contributed by atoms with Crippen LogP contribution in [-0.2, 0) is 0 Å². The van der Waals surface area contributed by atoms with Gasteiger partial charge < -0.3 is 0 Å². The van der Waals surface area contributed by atoms with E-state index in [0.717, 1.165) is 5.92 Å². The molecule has 2 nitrogen and oxygen atoms in total. The Balaban J connectivity index is 2.02. The normalized spacial score (nSPS) is 21.1. The average Bonchev–Trinajstić information content (AvgIpc) is 2.13. The minimum Gasteiger partial charge on any atom is -0.294 e. The highest BCUT2D eigenvalue weighted by Crippen LogP contribution is 2.26. The summed E-state index contributed by atoms with van der Waals surface area (Å²) in [6.07, 6.45) is 1.87. The molecule has 0 radical (unpaired) electrons. The van der Waals surface area contributed by atoms with Crippen molar-refractivity contribution in [3.05, 3.63) is 30.1 Å². The van der Waals surface area contributed by atoms with Gasteiger partial charge in [-0.15, -0.1) is 0 Å². The van der Waals surface area contributed by atoms with Crippen molar-refractivity contribution in [1.82, 2.24) is 9.88 Å². The Morgan fingerprint density at radius 1 is 1.46 bits per heavy atom. The fourth-order valence-corrected chi connectivity index (χ4v) is 1.87. The van der Waals surface area contributed by atoms with Crippen molar-refractivity contribution < 1.29 is 0 Å². The molecule has 2 heteroatoms. The molecule has 13 heavy (non-hydrogen) atoms. The molecule has 1 fully saturated rings. The van der Waals surface area contributed by atoms with Crippen molar-refractivity contribution in [2.45, 2.75) is 19.9 Å². The van der Waals surface area contributed by atoms with Gasteiger partial charge in [0.2, 0.25) is 0 Å². The predicted octanol–water partition coefficient (Wildman–Crippen LogP) is 2.09. The van der Waals surface area contributed by atoms with E-state index < -0.39 is 0 Å². The minimum absolute atomic E-state index is 0.484. The second kappa shape index (κ2) is 3.46. The van der Waals surface area contributed by atoms with Gasteiger partial charge in [-0.3, -0.25) is 9.88 Å². The summed E-state index contributed by atoms with van der Waals surface area (Å²) in [5, 5.41) is 0. The SMILES string of the molecule is CC1CN(C(C)c2ccccn2)C1. The maximum Gasteiger partial charge on any atom is 0.0572 e. The zero-order chi connectivity index (χ0) is 9.26. The molecule has 2 rings (SSSR count). The van der Waals surface area contributed by atoms with E-state index in [2.05, 4.69) is 35.9 Å². The van der Waals surface area contributed by atoms with Crippen LogP contribution in [0.5, 0.6) is 0 Å². The molecule has 1 saturated heterocycles. The van der Waals surface area contributed by atoms with E-state index in [9.17, 15) is 0 Å². The van der Waals surface area contributed by atoms with Crippen LogP contribution in [0.1, 0.15) is 25.6 Å². The van der Waals surface area contributed by atoms with E-state index >= 15 is 0 Å². The van der Waals surface area contributed by atoms with Crippen molar-refractivity contribution in [3.8, 4) is 0 Å². The number of likely N-dealkylation sites (tertiary alicyclic amines) is 1. The first kappa shape index (κ1) is 8.70. The van der Waals surface area contributed by atoms with Crippen LogP contribution in [-0.4, -0.2) is 23.0 Å². The third-order valence-electron chi connectivity index (χ3n) is 2.76. The van der Waals surface area contributed by atoms with Crippen molar-refractivity contribution in [2.24, 2.45) is 5.92 Å². The van der Waals surface area contributed by atoms with Gasteiger partial charge in [-0.05, 0) is 25.0 Å². The zero-order valence-electron chi connectivity index (χ0n) is 8.27. The Bertz CT molecular complexity index is 265. The molecule has 2 heterocycles. The van der Waals surface area contributed by atoms with Crippen LogP contribution in [0.2, 0.25) is 0 Å². The van der Waals surface area contributed by atoms with E-state index in [1.165, 1.54) is 18.8 Å². The molecule has 0 bridgehead atoms. The van der Waals surface area contributed by atoms with Crippen LogP contribution < -0.4 is 0 Å². The van der Waals surface area contributed by atoms with Gasteiger partial charge in [0, 0.05) is 25.3 Å². The smallest absolute Gasteiger partial charge is 0.0572 e. The fourth-order valence-electron chi connectivity index (χ4n) is 1.87. The number of hydrogen-bond acceptors (Lipinski definition) is 2. The topological polar surface area (TPSA) is 16.1 Å². The largest absolute Gasteiger partial charge is 0.294 e. The average molecular weight is 176 g/mol. The first-order valence-electron chi connectivity index (χ1n) is 4.92. The lowest BCUT2D eigenvalue weighted by Gasteiger charge is -2.41. The zero-order valence-corrected chi connectivity index (χ0v) is 8.27.